The Bertz CT molecular complexity index is 1110. The van der Waals surface area contributed by atoms with Crippen LogP contribution >= 0.6 is 0 Å². The van der Waals surface area contributed by atoms with E-state index in [1.165, 1.54) is 19.3 Å². The van der Waals surface area contributed by atoms with E-state index in [0.29, 0.717) is 39.2 Å². The molecule has 25 heavy (non-hydrogen) atoms. The second-order valence-electron chi connectivity index (χ2n) is 7.87. The summed E-state index contributed by atoms with van der Waals surface area (Å²) in [6, 6.07) is 7.89. The van der Waals surface area contributed by atoms with Gasteiger partial charge in [0.1, 0.15) is 11.4 Å². The van der Waals surface area contributed by atoms with Gasteiger partial charge in [-0.05, 0) is 66.8 Å². The van der Waals surface area contributed by atoms with E-state index in [9.17, 15) is 4.79 Å². The third-order valence-electron chi connectivity index (χ3n) is 6.88. The Labute approximate surface area is 144 Å². The molecule has 2 N–H and O–H groups in total. The Morgan fingerprint density at radius 2 is 2.00 bits per heavy atom. The summed E-state index contributed by atoms with van der Waals surface area (Å²) >= 11 is 0. The first-order chi connectivity index (χ1) is 12.1. The molecule has 0 radical (unpaired) electrons. The lowest BCUT2D eigenvalue weighted by Crippen LogP contribution is -2.48. The first-order valence-corrected chi connectivity index (χ1v) is 9.07. The van der Waals surface area contributed by atoms with Crippen molar-refractivity contribution < 1.29 is 4.42 Å². The van der Waals surface area contributed by atoms with Crippen LogP contribution in [0.2, 0.25) is 0 Å². The van der Waals surface area contributed by atoms with Crippen LogP contribution in [-0.4, -0.2) is 18.1 Å². The number of pyridine rings is 1. The van der Waals surface area contributed by atoms with Gasteiger partial charge in [-0.15, -0.1) is 0 Å². The highest BCUT2D eigenvalue weighted by molar-refractivity contribution is 5.91. The molecule has 1 saturated heterocycles. The molecule has 2 fully saturated rings. The van der Waals surface area contributed by atoms with Crippen LogP contribution in [0.15, 0.2) is 33.5 Å². The summed E-state index contributed by atoms with van der Waals surface area (Å²) in [4.78, 5) is 20.0. The number of rotatable bonds is 0. The molecule has 3 aromatic rings. The van der Waals surface area contributed by atoms with Gasteiger partial charge in [0.2, 0.25) is 11.1 Å². The van der Waals surface area contributed by atoms with Crippen molar-refractivity contribution in [3.05, 3.63) is 40.1 Å². The van der Waals surface area contributed by atoms with Crippen LogP contribution in [0.25, 0.3) is 22.1 Å². The van der Waals surface area contributed by atoms with Crippen molar-refractivity contribution in [1.29, 1.82) is 0 Å². The van der Waals surface area contributed by atoms with E-state index in [1.54, 1.807) is 0 Å². The minimum Gasteiger partial charge on any atom is -0.437 e. The average Bonchev–Trinajstić information content (AvgIpc) is 2.62. The molecule has 4 aliphatic rings. The monoisotopic (exact) mass is 333 g/mol. The van der Waals surface area contributed by atoms with Crippen molar-refractivity contribution in [2.45, 2.75) is 31.6 Å². The van der Waals surface area contributed by atoms with Gasteiger partial charge in [-0.25, -0.2) is 0 Å². The SMILES string of the molecule is Nc1nc2oc3ccc4cc3c(=O)c2cc1C1CCC12CCN4CC2. The molecule has 1 spiro atoms. The van der Waals surface area contributed by atoms with Gasteiger partial charge >= 0.3 is 0 Å². The zero-order valence-corrected chi connectivity index (χ0v) is 13.9. The van der Waals surface area contributed by atoms with E-state index >= 15 is 0 Å². The maximum atomic E-state index is 13.1. The van der Waals surface area contributed by atoms with Crippen molar-refractivity contribution in [3.63, 3.8) is 0 Å². The van der Waals surface area contributed by atoms with Gasteiger partial charge in [-0.2, -0.15) is 4.98 Å². The van der Waals surface area contributed by atoms with E-state index in [2.05, 4.69) is 16.0 Å². The Kier molecular flexibility index (Phi) is 2.38. The van der Waals surface area contributed by atoms with E-state index in [-0.39, 0.29) is 5.43 Å². The lowest BCUT2D eigenvalue weighted by atomic mass is 9.53. The highest BCUT2D eigenvalue weighted by Crippen LogP contribution is 2.59. The van der Waals surface area contributed by atoms with Crippen LogP contribution < -0.4 is 16.1 Å². The number of piperidine rings is 1. The van der Waals surface area contributed by atoms with Crippen molar-refractivity contribution in [1.82, 2.24) is 4.98 Å². The number of benzene rings is 1. The molecular formula is C20H19N3O2. The summed E-state index contributed by atoms with van der Waals surface area (Å²) in [7, 11) is 0. The van der Waals surface area contributed by atoms with Gasteiger partial charge in [0, 0.05) is 18.8 Å². The van der Waals surface area contributed by atoms with Crippen molar-refractivity contribution in [2.24, 2.45) is 5.41 Å². The van der Waals surface area contributed by atoms with Gasteiger partial charge in [0.05, 0.1) is 10.8 Å². The van der Waals surface area contributed by atoms with Crippen LogP contribution in [0.1, 0.15) is 37.2 Å². The third-order valence-corrected chi connectivity index (χ3v) is 6.88. The first kappa shape index (κ1) is 13.7. The molecule has 1 unspecified atom stereocenters. The smallest absolute Gasteiger partial charge is 0.232 e. The van der Waals surface area contributed by atoms with Crippen molar-refractivity contribution in [2.75, 3.05) is 23.7 Å². The summed E-state index contributed by atoms with van der Waals surface area (Å²) in [6.07, 6.45) is 4.73. The van der Waals surface area contributed by atoms with Gasteiger partial charge in [-0.3, -0.25) is 4.79 Å². The molecule has 1 aliphatic carbocycles. The molecule has 1 saturated carbocycles. The van der Waals surface area contributed by atoms with Crippen LogP contribution in [0, 0.1) is 5.41 Å². The molecule has 2 aromatic heterocycles. The predicted molar refractivity (Wildman–Crippen MR) is 98.1 cm³/mol. The highest BCUT2D eigenvalue weighted by atomic mass is 16.3. The van der Waals surface area contributed by atoms with Crippen LogP contribution in [0.5, 0.6) is 0 Å². The number of fused-ring (bicyclic) bond motifs is 2. The summed E-state index contributed by atoms with van der Waals surface area (Å²) < 4.78 is 5.91. The summed E-state index contributed by atoms with van der Waals surface area (Å²) in [6.45, 7) is 2.06. The molecule has 0 amide bonds. The van der Waals surface area contributed by atoms with E-state index in [1.807, 2.05) is 18.2 Å². The molecule has 5 heterocycles. The lowest BCUT2D eigenvalue weighted by molar-refractivity contribution is 0.0572. The summed E-state index contributed by atoms with van der Waals surface area (Å²) in [5.41, 5.74) is 9.72. The minimum absolute atomic E-state index is 0.00197. The Hall–Kier alpha value is -2.56. The highest BCUT2D eigenvalue weighted by Gasteiger charge is 2.49. The molecule has 1 aromatic carbocycles. The molecule has 5 heteroatoms. The predicted octanol–water partition coefficient (Wildman–Crippen LogP) is 3.40. The molecule has 6 bridgehead atoms. The largest absolute Gasteiger partial charge is 0.437 e. The fourth-order valence-electron chi connectivity index (χ4n) is 5.27. The first-order valence-electron chi connectivity index (χ1n) is 9.07. The van der Waals surface area contributed by atoms with Gasteiger partial charge in [-0.1, -0.05) is 0 Å². The minimum atomic E-state index is -0.00197. The van der Waals surface area contributed by atoms with Crippen molar-refractivity contribution >= 4 is 33.6 Å². The number of hydrogen-bond acceptors (Lipinski definition) is 5. The van der Waals surface area contributed by atoms with Gasteiger partial charge in [0.15, 0.2) is 0 Å². The molecule has 3 aliphatic heterocycles. The van der Waals surface area contributed by atoms with E-state index < -0.39 is 0 Å². The molecular weight excluding hydrogens is 314 g/mol. The number of hydrogen-bond donors (Lipinski definition) is 1. The number of nitrogen functional groups attached to an aromatic ring is 1. The maximum Gasteiger partial charge on any atom is 0.232 e. The summed E-state index contributed by atoms with van der Waals surface area (Å²) in [5, 5.41) is 1.19. The second-order valence-corrected chi connectivity index (χ2v) is 7.87. The van der Waals surface area contributed by atoms with Gasteiger partial charge in [0.25, 0.3) is 0 Å². The average molecular weight is 333 g/mol. The fraction of sp³-hybridized carbons (Fsp3) is 0.400. The van der Waals surface area contributed by atoms with Crippen molar-refractivity contribution in [3.8, 4) is 0 Å². The number of nitrogens with zero attached hydrogens (tertiary/aromatic N) is 2. The quantitative estimate of drug-likeness (QED) is 0.638. The molecule has 5 nitrogen and oxygen atoms in total. The second kappa shape index (κ2) is 4.34. The molecule has 126 valence electrons. The Balaban J connectivity index is 1.77. The normalized spacial score (nSPS) is 27.0. The Morgan fingerprint density at radius 3 is 2.76 bits per heavy atom. The third kappa shape index (κ3) is 1.63. The van der Waals surface area contributed by atoms with Gasteiger partial charge < -0.3 is 15.1 Å². The zero-order chi connectivity index (χ0) is 16.8. The van der Waals surface area contributed by atoms with Crippen LogP contribution in [0.3, 0.4) is 0 Å². The zero-order valence-electron chi connectivity index (χ0n) is 13.9. The number of aromatic nitrogens is 1. The summed E-state index contributed by atoms with van der Waals surface area (Å²) in [5.74, 6) is 0.939. The number of nitrogens with two attached hydrogens (primary N) is 1. The van der Waals surface area contributed by atoms with E-state index in [4.69, 9.17) is 10.2 Å². The van der Waals surface area contributed by atoms with E-state index in [0.717, 1.165) is 30.8 Å². The number of anilines is 2. The molecule has 7 rings (SSSR count). The molecule has 1 atom stereocenters. The Morgan fingerprint density at radius 1 is 1.16 bits per heavy atom. The topological polar surface area (TPSA) is 72.4 Å². The lowest BCUT2D eigenvalue weighted by Gasteiger charge is -2.54. The van der Waals surface area contributed by atoms with Crippen LogP contribution in [0.4, 0.5) is 11.5 Å². The maximum absolute atomic E-state index is 13.1. The fourth-order valence-corrected chi connectivity index (χ4v) is 5.27. The van der Waals surface area contributed by atoms with Crippen LogP contribution in [-0.2, 0) is 0 Å². The standard InChI is InChI=1S/C20H19N3O2/c21-18-12-10-14-17(24)13-9-11(1-2-16(13)25-19(14)22-18)23-7-5-20(6-8-23)4-3-15(12)20/h1-2,9-10,15H,3-8H2,(H2,21,22).